The minimum atomic E-state index is -3.43. The first kappa shape index (κ1) is 13.7. The third kappa shape index (κ3) is 4.12. The summed E-state index contributed by atoms with van der Waals surface area (Å²) in [6, 6.07) is 6.75. The normalized spacial score (nSPS) is 11.6. The maximum absolute atomic E-state index is 11.8. The van der Waals surface area contributed by atoms with Gasteiger partial charge in [-0.3, -0.25) is 5.10 Å². The number of aromatic nitrogens is 3. The number of H-pyrrole nitrogens is 1. The van der Waals surface area contributed by atoms with Gasteiger partial charge in [-0.05, 0) is 11.1 Å². The van der Waals surface area contributed by atoms with Crippen LogP contribution in [0.2, 0.25) is 0 Å². The van der Waals surface area contributed by atoms with Crippen LogP contribution >= 0.6 is 0 Å². The molecule has 1 heterocycles. The number of hydrogen-bond donors (Lipinski definition) is 3. The van der Waals surface area contributed by atoms with Crippen LogP contribution in [0.5, 0.6) is 0 Å². The smallest absolute Gasteiger partial charge is 0.216 e. The molecule has 0 aliphatic rings. The van der Waals surface area contributed by atoms with Gasteiger partial charge in [0, 0.05) is 0 Å². The van der Waals surface area contributed by atoms with E-state index >= 15 is 0 Å². The molecule has 0 bridgehead atoms. The van der Waals surface area contributed by atoms with Crippen LogP contribution in [-0.4, -0.2) is 28.7 Å². The lowest BCUT2D eigenvalue weighted by atomic mass is 10.2. The molecule has 0 aliphatic carbocycles. The predicted molar refractivity (Wildman–Crippen MR) is 68.2 cm³/mol. The molecule has 102 valence electrons. The number of nitrogens with zero attached hydrogens (tertiary/aromatic N) is 2. The van der Waals surface area contributed by atoms with Crippen molar-refractivity contribution in [3.63, 3.8) is 0 Å². The van der Waals surface area contributed by atoms with Gasteiger partial charge in [0.25, 0.3) is 0 Å². The van der Waals surface area contributed by atoms with Crippen molar-refractivity contribution in [2.45, 2.75) is 18.9 Å². The molecule has 0 aliphatic heterocycles. The van der Waals surface area contributed by atoms with Crippen molar-refractivity contribution in [2.75, 3.05) is 0 Å². The Balaban J connectivity index is 1.96. The van der Waals surface area contributed by atoms with Gasteiger partial charge in [-0.1, -0.05) is 24.3 Å². The molecule has 0 spiro atoms. The quantitative estimate of drug-likeness (QED) is 0.686. The molecule has 2 aromatic rings. The maximum atomic E-state index is 11.8. The van der Waals surface area contributed by atoms with Gasteiger partial charge in [-0.15, -0.1) is 0 Å². The van der Waals surface area contributed by atoms with E-state index in [4.69, 9.17) is 5.11 Å². The maximum Gasteiger partial charge on any atom is 0.216 e. The molecule has 0 fully saturated rings. The number of aliphatic hydroxyl groups is 1. The van der Waals surface area contributed by atoms with Crippen molar-refractivity contribution in [3.05, 3.63) is 47.5 Å². The molecular formula is C11H14N4O3S. The molecule has 0 radical (unpaired) electrons. The van der Waals surface area contributed by atoms with E-state index in [2.05, 4.69) is 19.9 Å². The van der Waals surface area contributed by atoms with Crippen molar-refractivity contribution in [2.24, 2.45) is 0 Å². The number of aromatic amines is 1. The van der Waals surface area contributed by atoms with Gasteiger partial charge in [-0.25, -0.2) is 18.1 Å². The van der Waals surface area contributed by atoms with Crippen LogP contribution in [0.4, 0.5) is 0 Å². The van der Waals surface area contributed by atoms with E-state index in [1.165, 1.54) is 6.33 Å². The van der Waals surface area contributed by atoms with Gasteiger partial charge >= 0.3 is 0 Å². The zero-order chi connectivity index (χ0) is 13.7. The lowest BCUT2D eigenvalue weighted by Gasteiger charge is -2.06. The third-order valence-electron chi connectivity index (χ3n) is 2.49. The van der Waals surface area contributed by atoms with E-state index < -0.39 is 10.0 Å². The molecule has 7 nitrogen and oxygen atoms in total. The van der Waals surface area contributed by atoms with Crippen LogP contribution in [0.1, 0.15) is 17.0 Å². The highest BCUT2D eigenvalue weighted by atomic mass is 32.2. The monoisotopic (exact) mass is 282 g/mol. The number of hydrogen-bond acceptors (Lipinski definition) is 5. The molecule has 0 amide bonds. The topological polar surface area (TPSA) is 108 Å². The van der Waals surface area contributed by atoms with E-state index in [0.717, 1.165) is 5.56 Å². The lowest BCUT2D eigenvalue weighted by molar-refractivity contribution is 0.282. The van der Waals surface area contributed by atoms with Gasteiger partial charge in [-0.2, -0.15) is 5.10 Å². The highest BCUT2D eigenvalue weighted by Crippen LogP contribution is 2.08. The minimum Gasteiger partial charge on any atom is -0.392 e. The predicted octanol–water partition coefficient (Wildman–Crippen LogP) is -0.0834. The summed E-state index contributed by atoms with van der Waals surface area (Å²) in [6.07, 6.45) is 1.32. The Kier molecular flexibility index (Phi) is 4.25. The number of nitrogens with one attached hydrogen (secondary N) is 2. The molecule has 0 saturated carbocycles. The van der Waals surface area contributed by atoms with Gasteiger partial charge in [0.2, 0.25) is 10.0 Å². The van der Waals surface area contributed by atoms with Crippen LogP contribution in [0.3, 0.4) is 0 Å². The fraction of sp³-hybridized carbons (Fsp3) is 0.273. The Bertz CT molecular complexity index is 608. The van der Waals surface area contributed by atoms with Gasteiger partial charge < -0.3 is 5.11 Å². The van der Waals surface area contributed by atoms with Crippen molar-refractivity contribution in [1.29, 1.82) is 0 Å². The summed E-state index contributed by atoms with van der Waals surface area (Å²) < 4.78 is 26.1. The Labute approximate surface area is 110 Å². The molecule has 0 saturated heterocycles. The summed E-state index contributed by atoms with van der Waals surface area (Å²) in [5, 5.41) is 15.1. The number of rotatable bonds is 6. The first-order valence-corrected chi connectivity index (χ1v) is 7.24. The van der Waals surface area contributed by atoms with Crippen LogP contribution in [0.25, 0.3) is 0 Å². The first-order chi connectivity index (χ1) is 9.09. The van der Waals surface area contributed by atoms with E-state index in [1.54, 1.807) is 24.3 Å². The standard InChI is InChI=1S/C11H14N4O3S/c16-6-9-1-3-10(4-2-9)7-19(17,18)14-5-11-12-8-13-15-11/h1-4,8,14,16H,5-7H2,(H,12,13,15). The minimum absolute atomic E-state index is 0.0588. The largest absolute Gasteiger partial charge is 0.392 e. The summed E-state index contributed by atoms with van der Waals surface area (Å²) in [5.41, 5.74) is 1.40. The highest BCUT2D eigenvalue weighted by molar-refractivity contribution is 7.88. The van der Waals surface area contributed by atoms with E-state index in [0.29, 0.717) is 11.4 Å². The SMILES string of the molecule is O=S(=O)(Cc1ccc(CO)cc1)NCc1ncn[nH]1. The average molecular weight is 282 g/mol. The summed E-state index contributed by atoms with van der Waals surface area (Å²) in [5.74, 6) is 0.339. The second-order valence-electron chi connectivity index (χ2n) is 3.99. The molecule has 2 rings (SSSR count). The van der Waals surface area contributed by atoms with E-state index in [9.17, 15) is 8.42 Å². The molecule has 0 unspecified atom stereocenters. The van der Waals surface area contributed by atoms with Crippen LogP contribution in [0.15, 0.2) is 30.6 Å². The molecule has 19 heavy (non-hydrogen) atoms. The summed E-state index contributed by atoms with van der Waals surface area (Å²) in [6.45, 7) is 0.0217. The van der Waals surface area contributed by atoms with Gasteiger partial charge in [0.05, 0.1) is 18.9 Å². The van der Waals surface area contributed by atoms with Crippen LogP contribution < -0.4 is 4.72 Å². The van der Waals surface area contributed by atoms with E-state index in [1.807, 2.05) is 0 Å². The third-order valence-corrected chi connectivity index (χ3v) is 3.78. The second kappa shape index (κ2) is 5.91. The zero-order valence-corrected chi connectivity index (χ0v) is 10.9. The van der Waals surface area contributed by atoms with Crippen molar-refractivity contribution in [1.82, 2.24) is 19.9 Å². The Morgan fingerprint density at radius 1 is 1.21 bits per heavy atom. The fourth-order valence-corrected chi connectivity index (χ4v) is 2.60. The molecule has 1 aromatic heterocycles. The Hall–Kier alpha value is -1.77. The number of aliphatic hydroxyl groups excluding tert-OH is 1. The summed E-state index contributed by atoms with van der Waals surface area (Å²) in [7, 11) is -3.43. The van der Waals surface area contributed by atoms with Gasteiger partial charge in [0.15, 0.2) is 0 Å². The molecule has 3 N–H and O–H groups in total. The number of benzene rings is 1. The van der Waals surface area contributed by atoms with Crippen molar-refractivity contribution in [3.8, 4) is 0 Å². The molecular weight excluding hydrogens is 268 g/mol. The Morgan fingerprint density at radius 3 is 2.47 bits per heavy atom. The summed E-state index contributed by atoms with van der Waals surface area (Å²) in [4.78, 5) is 3.83. The lowest BCUT2D eigenvalue weighted by Crippen LogP contribution is -2.25. The summed E-state index contributed by atoms with van der Waals surface area (Å²) >= 11 is 0. The average Bonchev–Trinajstić information content (AvgIpc) is 2.90. The van der Waals surface area contributed by atoms with Crippen LogP contribution in [0, 0.1) is 0 Å². The van der Waals surface area contributed by atoms with Crippen molar-refractivity contribution < 1.29 is 13.5 Å². The highest BCUT2D eigenvalue weighted by Gasteiger charge is 2.12. The first-order valence-electron chi connectivity index (χ1n) is 5.59. The number of sulfonamides is 1. The zero-order valence-electron chi connectivity index (χ0n) is 10.1. The van der Waals surface area contributed by atoms with Gasteiger partial charge in [0.1, 0.15) is 12.2 Å². The van der Waals surface area contributed by atoms with Crippen molar-refractivity contribution >= 4 is 10.0 Å². The fourth-order valence-electron chi connectivity index (χ4n) is 1.51. The second-order valence-corrected chi connectivity index (χ2v) is 5.79. The molecule has 1 aromatic carbocycles. The molecule has 8 heteroatoms. The molecule has 0 atom stereocenters. The van der Waals surface area contributed by atoms with E-state index in [-0.39, 0.29) is 18.9 Å². The Morgan fingerprint density at radius 2 is 1.89 bits per heavy atom. The van der Waals surface area contributed by atoms with Crippen LogP contribution in [-0.2, 0) is 28.9 Å².